The van der Waals surface area contributed by atoms with Gasteiger partial charge in [-0.15, -0.1) is 0 Å². The average molecular weight is 324 g/mol. The molecule has 1 fully saturated rings. The highest BCUT2D eigenvalue weighted by Crippen LogP contribution is 2.31. The van der Waals surface area contributed by atoms with E-state index in [1.807, 2.05) is 0 Å². The van der Waals surface area contributed by atoms with Crippen LogP contribution in [0.4, 0.5) is 0 Å². The quantitative estimate of drug-likeness (QED) is 0.194. The van der Waals surface area contributed by atoms with Crippen LogP contribution in [0.2, 0.25) is 0 Å². The molecule has 1 aliphatic heterocycles. The van der Waals surface area contributed by atoms with E-state index in [1.165, 1.54) is 0 Å². The van der Waals surface area contributed by atoms with E-state index in [1.54, 1.807) is 0 Å². The van der Waals surface area contributed by atoms with Crippen LogP contribution in [0.1, 0.15) is 13.3 Å². The number of Topliss-reactive ketones (excluding diaryl/α,β-unsaturated/α-hetero) is 1. The van der Waals surface area contributed by atoms with Crippen LogP contribution in [0.5, 0.6) is 0 Å². The second-order valence-corrected chi connectivity index (χ2v) is 4.67. The Morgan fingerprint density at radius 1 is 1.14 bits per heavy atom. The van der Waals surface area contributed by atoms with Crippen molar-refractivity contribution >= 4 is 17.7 Å². The molecule has 1 heterocycles. The van der Waals surface area contributed by atoms with Gasteiger partial charge in [-0.1, -0.05) is 0 Å². The lowest BCUT2D eigenvalue weighted by molar-refractivity contribution is -0.352. The molecule has 11 heteroatoms. The highest BCUT2D eigenvalue weighted by atomic mass is 17.2. The number of aliphatic hydroxyl groups excluding tert-OH is 4. The van der Waals surface area contributed by atoms with Gasteiger partial charge in [0.1, 0.15) is 30.8 Å². The van der Waals surface area contributed by atoms with E-state index < -0.39 is 61.0 Å². The third-order valence-electron chi connectivity index (χ3n) is 2.95. The van der Waals surface area contributed by atoms with Gasteiger partial charge in [-0.05, 0) is 0 Å². The van der Waals surface area contributed by atoms with E-state index in [0.717, 1.165) is 6.92 Å². The highest BCUT2D eigenvalue weighted by Gasteiger charge is 2.54. The third kappa shape index (κ3) is 3.97. The Labute approximate surface area is 123 Å². The molecule has 11 nitrogen and oxygen atoms in total. The minimum absolute atomic E-state index is 0.818. The number of rotatable bonds is 4. The van der Waals surface area contributed by atoms with E-state index in [0.29, 0.717) is 0 Å². The SMILES string of the molecule is CC(=O)C(=O)OOC(=O)CC1(O)OC(CO)C(O)C(O)C1O. The molecule has 0 aromatic carbocycles. The molecule has 22 heavy (non-hydrogen) atoms. The first kappa shape index (κ1) is 18.4. The van der Waals surface area contributed by atoms with Crippen molar-refractivity contribution in [3.63, 3.8) is 0 Å². The summed E-state index contributed by atoms with van der Waals surface area (Å²) in [7, 11) is 0. The molecular formula is C11H16O11. The van der Waals surface area contributed by atoms with Crippen LogP contribution >= 0.6 is 0 Å². The maximum Gasteiger partial charge on any atom is 0.421 e. The zero-order valence-electron chi connectivity index (χ0n) is 11.4. The van der Waals surface area contributed by atoms with Crippen LogP contribution in [0, 0.1) is 0 Å². The van der Waals surface area contributed by atoms with Crippen molar-refractivity contribution < 1.29 is 54.4 Å². The number of hydrogen-bond acceptors (Lipinski definition) is 11. The summed E-state index contributed by atoms with van der Waals surface area (Å²) in [6.07, 6.45) is -8.31. The Bertz CT molecular complexity index is 447. The Morgan fingerprint density at radius 3 is 2.23 bits per heavy atom. The summed E-state index contributed by atoms with van der Waals surface area (Å²) < 4.78 is 4.78. The van der Waals surface area contributed by atoms with E-state index in [9.17, 15) is 34.8 Å². The molecule has 1 saturated heterocycles. The van der Waals surface area contributed by atoms with Crippen LogP contribution in [0.25, 0.3) is 0 Å². The van der Waals surface area contributed by atoms with Gasteiger partial charge in [-0.2, -0.15) is 0 Å². The summed E-state index contributed by atoms with van der Waals surface area (Å²) in [5.41, 5.74) is 0. The molecule has 0 aromatic heterocycles. The number of aliphatic hydroxyl groups is 5. The number of ether oxygens (including phenoxy) is 1. The fraction of sp³-hybridized carbons (Fsp3) is 0.727. The summed E-state index contributed by atoms with van der Waals surface area (Å²) in [5.74, 6) is -6.61. The average Bonchev–Trinajstić information content (AvgIpc) is 2.46. The van der Waals surface area contributed by atoms with Crippen LogP contribution in [0.3, 0.4) is 0 Å². The molecule has 1 aliphatic rings. The number of hydrogen-bond donors (Lipinski definition) is 5. The zero-order chi connectivity index (χ0) is 17.1. The first-order chi connectivity index (χ1) is 10.1. The molecule has 0 radical (unpaired) electrons. The third-order valence-corrected chi connectivity index (χ3v) is 2.95. The molecule has 5 unspecified atom stereocenters. The predicted octanol–water partition coefficient (Wildman–Crippen LogP) is -3.87. The van der Waals surface area contributed by atoms with E-state index in [4.69, 9.17) is 9.84 Å². The monoisotopic (exact) mass is 324 g/mol. The van der Waals surface area contributed by atoms with Gasteiger partial charge in [0.2, 0.25) is 11.6 Å². The Hall–Kier alpha value is -1.63. The van der Waals surface area contributed by atoms with Crippen LogP contribution in [-0.2, 0) is 28.9 Å². The van der Waals surface area contributed by atoms with E-state index >= 15 is 0 Å². The lowest BCUT2D eigenvalue weighted by atomic mass is 9.91. The molecule has 5 atom stereocenters. The van der Waals surface area contributed by atoms with Gasteiger partial charge in [-0.25, -0.2) is 19.4 Å². The number of carbonyl (C=O) groups is 3. The lowest BCUT2D eigenvalue weighted by Crippen LogP contribution is -2.65. The molecule has 0 bridgehead atoms. The van der Waals surface area contributed by atoms with Crippen molar-refractivity contribution in [3.05, 3.63) is 0 Å². The molecule has 0 aliphatic carbocycles. The van der Waals surface area contributed by atoms with Crippen LogP contribution < -0.4 is 0 Å². The molecule has 126 valence electrons. The van der Waals surface area contributed by atoms with Crippen molar-refractivity contribution in [1.29, 1.82) is 0 Å². The Balaban J connectivity index is 2.70. The van der Waals surface area contributed by atoms with Crippen molar-refractivity contribution in [1.82, 2.24) is 0 Å². The van der Waals surface area contributed by atoms with Crippen LogP contribution in [-0.4, -0.2) is 80.1 Å². The maximum absolute atomic E-state index is 11.4. The van der Waals surface area contributed by atoms with Crippen LogP contribution in [0.15, 0.2) is 0 Å². The summed E-state index contributed by atoms with van der Waals surface area (Å²) in [6.45, 7) is 0.0446. The fourth-order valence-corrected chi connectivity index (χ4v) is 1.75. The predicted molar refractivity (Wildman–Crippen MR) is 62.4 cm³/mol. The second kappa shape index (κ2) is 7.09. The van der Waals surface area contributed by atoms with Gasteiger partial charge >= 0.3 is 11.9 Å². The van der Waals surface area contributed by atoms with Crippen molar-refractivity contribution in [2.24, 2.45) is 0 Å². The molecule has 5 N–H and O–H groups in total. The van der Waals surface area contributed by atoms with Gasteiger partial charge < -0.3 is 30.3 Å². The topological polar surface area (TPSA) is 180 Å². The van der Waals surface area contributed by atoms with Crippen molar-refractivity contribution in [2.45, 2.75) is 43.5 Å². The van der Waals surface area contributed by atoms with E-state index in [2.05, 4.69) is 9.78 Å². The molecular weight excluding hydrogens is 308 g/mol. The summed E-state index contributed by atoms with van der Waals surface area (Å²) >= 11 is 0. The Kier molecular flexibility index (Phi) is 5.93. The van der Waals surface area contributed by atoms with Crippen molar-refractivity contribution in [3.8, 4) is 0 Å². The first-order valence-electron chi connectivity index (χ1n) is 6.10. The van der Waals surface area contributed by atoms with Gasteiger partial charge in [0.25, 0.3) is 0 Å². The Morgan fingerprint density at radius 2 is 1.73 bits per heavy atom. The minimum Gasteiger partial charge on any atom is -0.394 e. The van der Waals surface area contributed by atoms with Gasteiger partial charge in [0.15, 0.2) is 0 Å². The molecule has 1 rings (SSSR count). The van der Waals surface area contributed by atoms with E-state index in [-0.39, 0.29) is 0 Å². The van der Waals surface area contributed by atoms with Gasteiger partial charge in [0, 0.05) is 6.92 Å². The standard InChI is InChI=1S/C11H16O11/c1-4(13)10(18)22-21-6(14)2-11(19)9(17)8(16)7(15)5(3-12)20-11/h5,7-9,12,15-17,19H,2-3H2,1H3. The minimum atomic E-state index is -2.70. The fourth-order valence-electron chi connectivity index (χ4n) is 1.75. The number of ketones is 1. The second-order valence-electron chi connectivity index (χ2n) is 4.67. The molecule has 0 amide bonds. The molecule has 0 spiro atoms. The molecule has 0 saturated carbocycles. The largest absolute Gasteiger partial charge is 0.421 e. The summed E-state index contributed by atoms with van der Waals surface area (Å²) in [5, 5.41) is 47.7. The summed E-state index contributed by atoms with van der Waals surface area (Å²) in [4.78, 5) is 40.5. The normalized spacial score (nSPS) is 34.8. The van der Waals surface area contributed by atoms with Gasteiger partial charge in [0.05, 0.1) is 6.61 Å². The van der Waals surface area contributed by atoms with Crippen molar-refractivity contribution in [2.75, 3.05) is 6.61 Å². The first-order valence-corrected chi connectivity index (χ1v) is 6.10. The highest BCUT2D eigenvalue weighted by molar-refractivity contribution is 6.32. The smallest absolute Gasteiger partial charge is 0.394 e. The maximum atomic E-state index is 11.4. The number of carbonyl (C=O) groups excluding carboxylic acids is 3. The lowest BCUT2D eigenvalue weighted by Gasteiger charge is -2.44. The zero-order valence-corrected chi connectivity index (χ0v) is 11.4. The molecule has 0 aromatic rings. The summed E-state index contributed by atoms with van der Waals surface area (Å²) in [6, 6.07) is 0. The van der Waals surface area contributed by atoms with Gasteiger partial charge in [-0.3, -0.25) is 4.79 Å².